The van der Waals surface area contributed by atoms with E-state index < -0.39 is 0 Å². The molecule has 0 radical (unpaired) electrons. The highest BCUT2D eigenvalue weighted by molar-refractivity contribution is 7.99. The summed E-state index contributed by atoms with van der Waals surface area (Å²) in [6.45, 7) is 0. The van der Waals surface area contributed by atoms with E-state index in [4.69, 9.17) is 11.6 Å². The maximum Gasteiger partial charge on any atom is 0.253 e. The van der Waals surface area contributed by atoms with Gasteiger partial charge in [-0.2, -0.15) is 0 Å². The van der Waals surface area contributed by atoms with Crippen LogP contribution in [0, 0.1) is 0 Å². The Morgan fingerprint density at radius 3 is 2.25 bits per heavy atom. The molecule has 126 valence electrons. The van der Waals surface area contributed by atoms with Gasteiger partial charge in [-0.15, -0.1) is 11.8 Å². The number of carbonyl (C=O) groups excluding carboxylic acids is 2. The fourth-order valence-corrected chi connectivity index (χ4v) is 2.91. The van der Waals surface area contributed by atoms with Gasteiger partial charge in [0.15, 0.2) is 0 Å². The number of thioether (sulfide) groups is 1. The van der Waals surface area contributed by atoms with Crippen LogP contribution in [0.15, 0.2) is 48.5 Å². The van der Waals surface area contributed by atoms with Crippen molar-refractivity contribution in [2.75, 3.05) is 25.2 Å². The summed E-state index contributed by atoms with van der Waals surface area (Å²) >= 11 is 7.38. The molecule has 0 aliphatic rings. The molecular formula is C18H19ClN2O2S. The first-order valence-corrected chi connectivity index (χ1v) is 8.93. The molecule has 2 amide bonds. The zero-order valence-corrected chi connectivity index (χ0v) is 15.2. The van der Waals surface area contributed by atoms with Gasteiger partial charge in [-0.25, -0.2) is 0 Å². The molecule has 6 heteroatoms. The SMILES string of the molecule is CN(C)C(=O)c1ccc(NC(=O)CSCc2ccc(Cl)cc2)cc1. The summed E-state index contributed by atoms with van der Waals surface area (Å²) in [7, 11) is 3.41. The smallest absolute Gasteiger partial charge is 0.253 e. The fourth-order valence-electron chi connectivity index (χ4n) is 1.99. The highest BCUT2D eigenvalue weighted by atomic mass is 35.5. The molecule has 4 nitrogen and oxygen atoms in total. The summed E-state index contributed by atoms with van der Waals surface area (Å²) in [5, 5.41) is 3.53. The normalized spacial score (nSPS) is 10.3. The second-order valence-electron chi connectivity index (χ2n) is 5.44. The summed E-state index contributed by atoms with van der Waals surface area (Å²) in [5.41, 5.74) is 2.40. The largest absolute Gasteiger partial charge is 0.345 e. The Labute approximate surface area is 151 Å². The predicted octanol–water partition coefficient (Wildman–Crippen LogP) is 3.91. The molecule has 0 saturated carbocycles. The highest BCUT2D eigenvalue weighted by Crippen LogP contribution is 2.16. The van der Waals surface area contributed by atoms with Gasteiger partial charge in [0.2, 0.25) is 5.91 Å². The number of hydrogen-bond acceptors (Lipinski definition) is 3. The summed E-state index contributed by atoms with van der Waals surface area (Å²) in [6.07, 6.45) is 0. The molecule has 0 aliphatic carbocycles. The van der Waals surface area contributed by atoms with Crippen LogP contribution in [0.5, 0.6) is 0 Å². The van der Waals surface area contributed by atoms with Crippen molar-refractivity contribution in [3.8, 4) is 0 Å². The predicted molar refractivity (Wildman–Crippen MR) is 101 cm³/mol. The second kappa shape index (κ2) is 8.76. The first-order valence-electron chi connectivity index (χ1n) is 7.39. The molecule has 2 rings (SSSR count). The van der Waals surface area contributed by atoms with Crippen LogP contribution in [-0.4, -0.2) is 36.6 Å². The van der Waals surface area contributed by atoms with Crippen molar-refractivity contribution in [1.82, 2.24) is 4.90 Å². The topological polar surface area (TPSA) is 49.4 Å². The Morgan fingerprint density at radius 2 is 1.67 bits per heavy atom. The highest BCUT2D eigenvalue weighted by Gasteiger charge is 2.08. The monoisotopic (exact) mass is 362 g/mol. The van der Waals surface area contributed by atoms with E-state index in [0.29, 0.717) is 22.0 Å². The van der Waals surface area contributed by atoms with Crippen molar-refractivity contribution in [1.29, 1.82) is 0 Å². The van der Waals surface area contributed by atoms with Crippen LogP contribution in [0.4, 0.5) is 5.69 Å². The Hall–Kier alpha value is -1.98. The van der Waals surface area contributed by atoms with E-state index in [1.165, 1.54) is 16.7 Å². The van der Waals surface area contributed by atoms with Crippen molar-refractivity contribution < 1.29 is 9.59 Å². The molecule has 2 aromatic rings. The molecule has 0 atom stereocenters. The summed E-state index contributed by atoms with van der Waals surface area (Å²) < 4.78 is 0. The van der Waals surface area contributed by atoms with Crippen LogP contribution >= 0.6 is 23.4 Å². The average molecular weight is 363 g/mol. The third-order valence-electron chi connectivity index (χ3n) is 3.24. The fraction of sp³-hybridized carbons (Fsp3) is 0.222. The Morgan fingerprint density at radius 1 is 1.04 bits per heavy atom. The number of rotatable bonds is 6. The number of benzene rings is 2. The third kappa shape index (κ3) is 5.58. The van der Waals surface area contributed by atoms with Gasteiger partial charge in [0.1, 0.15) is 0 Å². The van der Waals surface area contributed by atoms with Gasteiger partial charge in [-0.05, 0) is 42.0 Å². The number of carbonyl (C=O) groups is 2. The Balaban J connectivity index is 1.79. The summed E-state index contributed by atoms with van der Waals surface area (Å²) in [4.78, 5) is 25.3. The lowest BCUT2D eigenvalue weighted by Crippen LogP contribution is -2.21. The maximum atomic E-state index is 12.0. The minimum absolute atomic E-state index is 0.0635. The number of halogens is 1. The van der Waals surface area contributed by atoms with E-state index in [1.54, 1.807) is 38.4 Å². The van der Waals surface area contributed by atoms with Gasteiger partial charge in [0.05, 0.1) is 5.75 Å². The van der Waals surface area contributed by atoms with Gasteiger partial charge in [0.25, 0.3) is 5.91 Å². The van der Waals surface area contributed by atoms with Gasteiger partial charge in [-0.1, -0.05) is 23.7 Å². The minimum Gasteiger partial charge on any atom is -0.345 e. The van der Waals surface area contributed by atoms with Crippen LogP contribution in [0.1, 0.15) is 15.9 Å². The number of anilines is 1. The molecule has 0 saturated heterocycles. The molecule has 0 aromatic heterocycles. The molecular weight excluding hydrogens is 344 g/mol. The maximum absolute atomic E-state index is 12.0. The summed E-state index contributed by atoms with van der Waals surface area (Å²) in [6, 6.07) is 14.5. The summed E-state index contributed by atoms with van der Waals surface area (Å²) in [5.74, 6) is 0.981. The first kappa shape index (κ1) is 18.4. The molecule has 0 spiro atoms. The Kier molecular flexibility index (Phi) is 6.70. The quantitative estimate of drug-likeness (QED) is 0.847. The van der Waals surface area contributed by atoms with Crippen molar-refractivity contribution in [2.45, 2.75) is 5.75 Å². The van der Waals surface area contributed by atoms with Crippen LogP contribution in [-0.2, 0) is 10.5 Å². The number of amides is 2. The lowest BCUT2D eigenvalue weighted by atomic mass is 10.2. The zero-order chi connectivity index (χ0) is 17.5. The van der Waals surface area contributed by atoms with Gasteiger partial charge in [-0.3, -0.25) is 9.59 Å². The Bertz CT molecular complexity index is 700. The van der Waals surface area contributed by atoms with Crippen molar-refractivity contribution in [2.24, 2.45) is 0 Å². The van der Waals surface area contributed by atoms with E-state index in [-0.39, 0.29) is 11.8 Å². The molecule has 0 aliphatic heterocycles. The van der Waals surface area contributed by atoms with Crippen LogP contribution in [0.25, 0.3) is 0 Å². The average Bonchev–Trinajstić information content (AvgIpc) is 2.56. The zero-order valence-electron chi connectivity index (χ0n) is 13.6. The minimum atomic E-state index is -0.0688. The molecule has 0 fully saturated rings. The standard InChI is InChI=1S/C18H19ClN2O2S/c1-21(2)18(23)14-5-9-16(10-6-14)20-17(22)12-24-11-13-3-7-15(19)8-4-13/h3-10H,11-12H2,1-2H3,(H,20,22). The van der Waals surface area contributed by atoms with Crippen LogP contribution < -0.4 is 5.32 Å². The van der Waals surface area contributed by atoms with Crippen molar-refractivity contribution >= 4 is 40.9 Å². The van der Waals surface area contributed by atoms with Gasteiger partial charge < -0.3 is 10.2 Å². The van der Waals surface area contributed by atoms with Crippen LogP contribution in [0.2, 0.25) is 5.02 Å². The van der Waals surface area contributed by atoms with Gasteiger partial charge >= 0.3 is 0 Å². The lowest BCUT2D eigenvalue weighted by molar-refractivity contribution is -0.113. The van der Waals surface area contributed by atoms with Crippen molar-refractivity contribution in [3.63, 3.8) is 0 Å². The van der Waals surface area contributed by atoms with E-state index in [9.17, 15) is 9.59 Å². The lowest BCUT2D eigenvalue weighted by Gasteiger charge is -2.11. The van der Waals surface area contributed by atoms with Gasteiger partial charge in [0, 0.05) is 36.1 Å². The molecule has 24 heavy (non-hydrogen) atoms. The van der Waals surface area contributed by atoms with E-state index >= 15 is 0 Å². The second-order valence-corrected chi connectivity index (χ2v) is 6.87. The van der Waals surface area contributed by atoms with E-state index in [1.807, 2.05) is 24.3 Å². The number of nitrogens with one attached hydrogen (secondary N) is 1. The molecule has 2 aromatic carbocycles. The molecule has 1 N–H and O–H groups in total. The molecule has 0 bridgehead atoms. The third-order valence-corrected chi connectivity index (χ3v) is 4.49. The van der Waals surface area contributed by atoms with Crippen LogP contribution in [0.3, 0.4) is 0 Å². The van der Waals surface area contributed by atoms with E-state index in [0.717, 1.165) is 11.3 Å². The number of nitrogens with zero attached hydrogens (tertiary/aromatic N) is 1. The van der Waals surface area contributed by atoms with E-state index in [2.05, 4.69) is 5.32 Å². The first-order chi connectivity index (χ1) is 11.5. The molecule has 0 heterocycles. The van der Waals surface area contributed by atoms with Crippen molar-refractivity contribution in [3.05, 3.63) is 64.7 Å². The number of hydrogen-bond donors (Lipinski definition) is 1. The molecule has 0 unspecified atom stereocenters.